The van der Waals surface area contributed by atoms with E-state index in [4.69, 9.17) is 4.74 Å². The van der Waals surface area contributed by atoms with Crippen LogP contribution in [-0.2, 0) is 16.1 Å². The van der Waals surface area contributed by atoms with Crippen LogP contribution in [0, 0.1) is 0 Å². The van der Waals surface area contributed by atoms with Gasteiger partial charge in [-0.25, -0.2) is 0 Å². The molecule has 106 valence electrons. The topological polar surface area (TPSA) is 81.1 Å². The van der Waals surface area contributed by atoms with Gasteiger partial charge in [-0.3, -0.25) is 9.48 Å². The largest absolute Gasteiger partial charge is 0.378 e. The molecule has 0 bridgehead atoms. The summed E-state index contributed by atoms with van der Waals surface area (Å²) in [5, 5.41) is 13.6. The highest BCUT2D eigenvalue weighted by Gasteiger charge is 2.13. The van der Waals surface area contributed by atoms with Gasteiger partial charge in [0.25, 0.3) is 0 Å². The number of aromatic nitrogens is 3. The summed E-state index contributed by atoms with van der Waals surface area (Å²) in [6.07, 6.45) is 6.19. The highest BCUT2D eigenvalue weighted by molar-refractivity contribution is 5.75. The number of carbonyl (C=O) groups is 1. The highest BCUT2D eigenvalue weighted by Crippen LogP contribution is 2.07. The summed E-state index contributed by atoms with van der Waals surface area (Å²) in [6.45, 7) is 3.72. The van der Waals surface area contributed by atoms with Crippen molar-refractivity contribution >= 4 is 5.91 Å². The van der Waals surface area contributed by atoms with Crippen LogP contribution in [0.15, 0.2) is 12.4 Å². The molecule has 2 N–H and O–H groups in total. The fraction of sp³-hybridized carbons (Fsp3) is 0.750. The first-order chi connectivity index (χ1) is 9.34. The van der Waals surface area contributed by atoms with Crippen molar-refractivity contribution in [2.75, 3.05) is 26.2 Å². The monoisotopic (exact) mass is 267 g/mol. The Labute approximate surface area is 112 Å². The zero-order valence-electron chi connectivity index (χ0n) is 11.0. The molecule has 1 aromatic heterocycles. The second-order valence-corrected chi connectivity index (χ2v) is 4.59. The second-order valence-electron chi connectivity index (χ2n) is 4.59. The zero-order chi connectivity index (χ0) is 13.3. The maximum atomic E-state index is 11.6. The highest BCUT2D eigenvalue weighted by atomic mass is 16.5. The fourth-order valence-corrected chi connectivity index (χ4v) is 2.03. The Morgan fingerprint density at radius 3 is 3.05 bits per heavy atom. The number of nitrogens with zero attached hydrogens (tertiary/aromatic N) is 3. The molecule has 0 spiro atoms. The predicted molar refractivity (Wildman–Crippen MR) is 69.5 cm³/mol. The average molecular weight is 267 g/mol. The van der Waals surface area contributed by atoms with Gasteiger partial charge in [0.15, 0.2) is 0 Å². The summed E-state index contributed by atoms with van der Waals surface area (Å²) < 4.78 is 7.36. The maximum Gasteiger partial charge on any atom is 0.222 e. The third kappa shape index (κ3) is 5.35. The molecule has 0 aromatic carbocycles. The van der Waals surface area contributed by atoms with Crippen molar-refractivity contribution in [2.45, 2.75) is 31.9 Å². The van der Waals surface area contributed by atoms with Gasteiger partial charge in [0.2, 0.25) is 5.91 Å². The lowest BCUT2D eigenvalue weighted by molar-refractivity contribution is -0.122. The lowest BCUT2D eigenvalue weighted by atomic mass is 10.1. The van der Waals surface area contributed by atoms with E-state index in [1.807, 2.05) is 0 Å². The summed E-state index contributed by atoms with van der Waals surface area (Å²) in [5.41, 5.74) is 0. The van der Waals surface area contributed by atoms with Gasteiger partial charge >= 0.3 is 0 Å². The molecule has 1 aliphatic heterocycles. The van der Waals surface area contributed by atoms with Crippen LogP contribution in [0.25, 0.3) is 0 Å². The molecule has 0 unspecified atom stereocenters. The van der Waals surface area contributed by atoms with Gasteiger partial charge in [-0.15, -0.1) is 5.10 Å². The number of rotatable bonds is 7. The molecular weight excluding hydrogens is 246 g/mol. The lowest BCUT2D eigenvalue weighted by Crippen LogP contribution is -2.33. The van der Waals surface area contributed by atoms with E-state index in [0.717, 1.165) is 25.9 Å². The third-order valence-electron chi connectivity index (χ3n) is 3.10. The molecule has 1 fully saturated rings. The molecule has 1 amide bonds. The first-order valence-corrected chi connectivity index (χ1v) is 6.78. The zero-order valence-corrected chi connectivity index (χ0v) is 11.0. The minimum Gasteiger partial charge on any atom is -0.378 e. The number of piperidine rings is 1. The Bertz CT molecular complexity index is 362. The van der Waals surface area contributed by atoms with Crippen molar-refractivity contribution < 1.29 is 9.53 Å². The van der Waals surface area contributed by atoms with Crippen molar-refractivity contribution in [1.82, 2.24) is 25.6 Å². The van der Waals surface area contributed by atoms with Crippen molar-refractivity contribution in [3.63, 3.8) is 0 Å². The standard InChI is InChI=1S/C12H21N5O2/c18-12(14-6-8-17-9-7-15-16-17)3-10-19-11-1-4-13-5-2-11/h7,9,11,13H,1-6,8,10H2,(H,14,18). The Balaban J connectivity index is 1.49. The molecule has 0 radical (unpaired) electrons. The van der Waals surface area contributed by atoms with Crippen molar-refractivity contribution in [2.24, 2.45) is 0 Å². The molecule has 1 aromatic rings. The number of hydrogen-bond acceptors (Lipinski definition) is 5. The normalized spacial score (nSPS) is 16.4. The number of hydrogen-bond donors (Lipinski definition) is 2. The van der Waals surface area contributed by atoms with E-state index in [0.29, 0.717) is 32.2 Å². The van der Waals surface area contributed by atoms with Crippen LogP contribution in [0.4, 0.5) is 0 Å². The Morgan fingerprint density at radius 1 is 1.47 bits per heavy atom. The number of amides is 1. The Hall–Kier alpha value is -1.47. The molecular formula is C12H21N5O2. The van der Waals surface area contributed by atoms with E-state index < -0.39 is 0 Å². The molecule has 7 heteroatoms. The minimum absolute atomic E-state index is 0.0223. The first kappa shape index (κ1) is 14.0. The van der Waals surface area contributed by atoms with E-state index in [1.165, 1.54) is 0 Å². The summed E-state index contributed by atoms with van der Waals surface area (Å²) >= 11 is 0. The molecule has 7 nitrogen and oxygen atoms in total. The molecule has 1 saturated heterocycles. The van der Waals surface area contributed by atoms with Gasteiger partial charge in [0, 0.05) is 19.2 Å². The van der Waals surface area contributed by atoms with Gasteiger partial charge in [0.05, 0.1) is 25.5 Å². The van der Waals surface area contributed by atoms with E-state index in [1.54, 1.807) is 17.1 Å². The number of nitrogens with one attached hydrogen (secondary N) is 2. The lowest BCUT2D eigenvalue weighted by Gasteiger charge is -2.22. The second kappa shape index (κ2) is 7.85. The quantitative estimate of drug-likeness (QED) is 0.699. The van der Waals surface area contributed by atoms with Crippen LogP contribution in [0.3, 0.4) is 0 Å². The Morgan fingerprint density at radius 2 is 2.32 bits per heavy atom. The Kier molecular flexibility index (Phi) is 5.77. The van der Waals surface area contributed by atoms with E-state index in [2.05, 4.69) is 20.9 Å². The maximum absolute atomic E-state index is 11.6. The first-order valence-electron chi connectivity index (χ1n) is 6.78. The van der Waals surface area contributed by atoms with Crippen LogP contribution in [0.2, 0.25) is 0 Å². The summed E-state index contributed by atoms with van der Waals surface area (Å²) in [4.78, 5) is 11.6. The average Bonchev–Trinajstić information content (AvgIpc) is 2.93. The van der Waals surface area contributed by atoms with E-state index in [9.17, 15) is 4.79 Å². The number of ether oxygens (including phenoxy) is 1. The number of carbonyl (C=O) groups excluding carboxylic acids is 1. The van der Waals surface area contributed by atoms with Gasteiger partial charge in [0.1, 0.15) is 0 Å². The summed E-state index contributed by atoms with van der Waals surface area (Å²) in [6, 6.07) is 0. The van der Waals surface area contributed by atoms with Crippen LogP contribution in [-0.4, -0.2) is 53.2 Å². The van der Waals surface area contributed by atoms with E-state index in [-0.39, 0.29) is 5.91 Å². The van der Waals surface area contributed by atoms with Crippen LogP contribution in [0.5, 0.6) is 0 Å². The van der Waals surface area contributed by atoms with Crippen LogP contribution >= 0.6 is 0 Å². The van der Waals surface area contributed by atoms with Gasteiger partial charge < -0.3 is 15.4 Å². The third-order valence-corrected chi connectivity index (χ3v) is 3.10. The molecule has 1 aliphatic rings. The molecule has 0 saturated carbocycles. The summed E-state index contributed by atoms with van der Waals surface area (Å²) in [7, 11) is 0. The predicted octanol–water partition coefficient (Wildman–Crippen LogP) is -0.447. The molecule has 0 aliphatic carbocycles. The fourth-order valence-electron chi connectivity index (χ4n) is 2.03. The minimum atomic E-state index is 0.0223. The molecule has 0 atom stereocenters. The van der Waals surface area contributed by atoms with Crippen molar-refractivity contribution in [1.29, 1.82) is 0 Å². The van der Waals surface area contributed by atoms with Gasteiger partial charge in [-0.2, -0.15) is 0 Å². The van der Waals surface area contributed by atoms with E-state index >= 15 is 0 Å². The molecule has 19 heavy (non-hydrogen) atoms. The van der Waals surface area contributed by atoms with Gasteiger partial charge in [-0.05, 0) is 25.9 Å². The molecule has 2 heterocycles. The van der Waals surface area contributed by atoms with Crippen molar-refractivity contribution in [3.8, 4) is 0 Å². The van der Waals surface area contributed by atoms with Crippen molar-refractivity contribution in [3.05, 3.63) is 12.4 Å². The van der Waals surface area contributed by atoms with Crippen LogP contribution in [0.1, 0.15) is 19.3 Å². The SMILES string of the molecule is O=C(CCOC1CCNCC1)NCCn1ccnn1. The molecule has 2 rings (SSSR count). The van der Waals surface area contributed by atoms with Gasteiger partial charge in [-0.1, -0.05) is 5.21 Å². The van der Waals surface area contributed by atoms with Crippen LogP contribution < -0.4 is 10.6 Å². The smallest absolute Gasteiger partial charge is 0.222 e. The summed E-state index contributed by atoms with van der Waals surface area (Å²) in [5.74, 6) is 0.0223.